The third-order valence-electron chi connectivity index (χ3n) is 4.53. The molecule has 168 valence electrons. The van der Waals surface area contributed by atoms with Gasteiger partial charge < -0.3 is 14.5 Å². The number of benzene rings is 2. The molecule has 2 N–H and O–H groups in total. The Morgan fingerprint density at radius 3 is 2.67 bits per heavy atom. The molecule has 9 nitrogen and oxygen atoms in total. The standard InChI is InChI=1S/C23H20N4O5S/c1-2-31-20(29)11-16-13-33-23(24-16)27-19(28)12-32-22(30)15-8-9-17-18(10-15)26-21(25-17)14-6-4-3-5-7-14/h3-10,13H,2,11-12H2,1H3,(H,25,26)(H,24,27,28). The van der Waals surface area contributed by atoms with Gasteiger partial charge >= 0.3 is 11.9 Å². The summed E-state index contributed by atoms with van der Waals surface area (Å²) < 4.78 is 9.99. The summed E-state index contributed by atoms with van der Waals surface area (Å²) in [6.45, 7) is 1.54. The Kier molecular flexibility index (Phi) is 6.75. The minimum atomic E-state index is -0.634. The lowest BCUT2D eigenvalue weighted by atomic mass is 10.2. The molecule has 33 heavy (non-hydrogen) atoms. The molecule has 0 spiro atoms. The van der Waals surface area contributed by atoms with Gasteiger partial charge in [-0.25, -0.2) is 14.8 Å². The van der Waals surface area contributed by atoms with E-state index in [1.165, 1.54) is 11.3 Å². The number of thiazole rings is 1. The molecular formula is C23H20N4O5S. The van der Waals surface area contributed by atoms with Crippen LogP contribution in [-0.2, 0) is 25.5 Å². The number of rotatable bonds is 8. The largest absolute Gasteiger partial charge is 0.466 e. The number of ether oxygens (including phenoxy) is 2. The van der Waals surface area contributed by atoms with E-state index in [0.29, 0.717) is 39.9 Å². The number of carbonyl (C=O) groups is 3. The van der Waals surface area contributed by atoms with Gasteiger partial charge in [0.2, 0.25) is 0 Å². The molecule has 2 aromatic carbocycles. The SMILES string of the molecule is CCOC(=O)Cc1csc(NC(=O)COC(=O)c2ccc3nc(-c4ccccc4)[nH]c3c2)n1. The number of aromatic amines is 1. The maximum atomic E-state index is 12.4. The number of anilines is 1. The second-order valence-electron chi connectivity index (χ2n) is 6.93. The van der Waals surface area contributed by atoms with Gasteiger partial charge in [-0.3, -0.25) is 14.9 Å². The summed E-state index contributed by atoms with van der Waals surface area (Å²) in [6, 6.07) is 14.6. The van der Waals surface area contributed by atoms with Crippen LogP contribution in [0.1, 0.15) is 23.0 Å². The molecule has 4 aromatic rings. The number of esters is 2. The van der Waals surface area contributed by atoms with E-state index in [9.17, 15) is 14.4 Å². The Morgan fingerprint density at radius 2 is 1.88 bits per heavy atom. The molecule has 2 heterocycles. The number of H-pyrrole nitrogens is 1. The molecular weight excluding hydrogens is 444 g/mol. The molecule has 2 aromatic heterocycles. The van der Waals surface area contributed by atoms with Gasteiger partial charge in [-0.05, 0) is 25.1 Å². The minimum Gasteiger partial charge on any atom is -0.466 e. The van der Waals surface area contributed by atoms with E-state index >= 15 is 0 Å². The van der Waals surface area contributed by atoms with Crippen molar-refractivity contribution in [2.75, 3.05) is 18.5 Å². The van der Waals surface area contributed by atoms with Gasteiger partial charge in [-0.2, -0.15) is 0 Å². The fourth-order valence-electron chi connectivity index (χ4n) is 3.04. The molecule has 1 amide bonds. The van der Waals surface area contributed by atoms with Crippen LogP contribution in [0.4, 0.5) is 5.13 Å². The zero-order valence-electron chi connectivity index (χ0n) is 17.7. The van der Waals surface area contributed by atoms with Crippen molar-refractivity contribution in [3.8, 4) is 11.4 Å². The van der Waals surface area contributed by atoms with Crippen molar-refractivity contribution >= 4 is 45.3 Å². The summed E-state index contributed by atoms with van der Waals surface area (Å²) in [6.07, 6.45) is 0.0251. The second kappa shape index (κ2) is 10.0. The molecule has 4 rings (SSSR count). The molecule has 10 heteroatoms. The molecule has 0 unspecified atom stereocenters. The molecule has 0 aliphatic heterocycles. The van der Waals surface area contributed by atoms with Crippen LogP contribution in [0.15, 0.2) is 53.9 Å². The number of nitrogens with zero attached hydrogens (tertiary/aromatic N) is 2. The summed E-state index contributed by atoms with van der Waals surface area (Å²) in [5.74, 6) is -0.861. The van der Waals surface area contributed by atoms with Crippen molar-refractivity contribution in [3.05, 3.63) is 65.2 Å². The summed E-state index contributed by atoms with van der Waals surface area (Å²) in [5, 5.41) is 4.51. The van der Waals surface area contributed by atoms with E-state index in [4.69, 9.17) is 9.47 Å². The van der Waals surface area contributed by atoms with Crippen molar-refractivity contribution < 1.29 is 23.9 Å². The lowest BCUT2D eigenvalue weighted by Crippen LogP contribution is -2.21. The van der Waals surface area contributed by atoms with Crippen molar-refractivity contribution in [3.63, 3.8) is 0 Å². The van der Waals surface area contributed by atoms with E-state index in [1.54, 1.807) is 30.5 Å². The van der Waals surface area contributed by atoms with Gasteiger partial charge in [0.1, 0.15) is 5.82 Å². The van der Waals surface area contributed by atoms with Crippen molar-refractivity contribution in [2.24, 2.45) is 0 Å². The summed E-state index contributed by atoms with van der Waals surface area (Å²) >= 11 is 1.17. The number of aromatic nitrogens is 3. The monoisotopic (exact) mass is 464 g/mol. The van der Waals surface area contributed by atoms with Gasteiger partial charge in [0, 0.05) is 10.9 Å². The fraction of sp³-hybridized carbons (Fsp3) is 0.174. The molecule has 0 bridgehead atoms. The van der Waals surface area contributed by atoms with Crippen LogP contribution < -0.4 is 5.32 Å². The van der Waals surface area contributed by atoms with E-state index in [2.05, 4.69) is 20.3 Å². The predicted molar refractivity (Wildman–Crippen MR) is 123 cm³/mol. The Balaban J connectivity index is 1.33. The van der Waals surface area contributed by atoms with Crippen LogP contribution >= 0.6 is 11.3 Å². The summed E-state index contributed by atoms with van der Waals surface area (Å²) in [4.78, 5) is 47.9. The van der Waals surface area contributed by atoms with E-state index in [0.717, 1.165) is 5.56 Å². The van der Waals surface area contributed by atoms with Crippen molar-refractivity contribution in [2.45, 2.75) is 13.3 Å². The van der Waals surface area contributed by atoms with Gasteiger partial charge in [0.15, 0.2) is 11.7 Å². The molecule has 0 saturated carbocycles. The zero-order valence-corrected chi connectivity index (χ0v) is 18.5. The minimum absolute atomic E-state index is 0.0251. The Morgan fingerprint density at radius 1 is 1.06 bits per heavy atom. The van der Waals surface area contributed by atoms with Gasteiger partial charge in [0.05, 0.1) is 35.3 Å². The first-order valence-corrected chi connectivity index (χ1v) is 11.0. The van der Waals surface area contributed by atoms with E-state index < -0.39 is 18.5 Å². The van der Waals surface area contributed by atoms with Crippen LogP contribution in [0.2, 0.25) is 0 Å². The molecule has 0 fully saturated rings. The highest BCUT2D eigenvalue weighted by molar-refractivity contribution is 7.13. The fourth-order valence-corrected chi connectivity index (χ4v) is 3.77. The van der Waals surface area contributed by atoms with E-state index in [1.807, 2.05) is 30.3 Å². The molecule has 0 atom stereocenters. The number of fused-ring (bicyclic) bond motifs is 1. The number of carbonyl (C=O) groups excluding carboxylic acids is 3. The van der Waals surface area contributed by atoms with Gasteiger partial charge in [-0.1, -0.05) is 30.3 Å². The van der Waals surface area contributed by atoms with Crippen LogP contribution in [0.25, 0.3) is 22.4 Å². The highest BCUT2D eigenvalue weighted by atomic mass is 32.1. The number of hydrogen-bond donors (Lipinski definition) is 2. The second-order valence-corrected chi connectivity index (χ2v) is 7.79. The van der Waals surface area contributed by atoms with Crippen LogP contribution in [0, 0.1) is 0 Å². The Hall–Kier alpha value is -4.05. The van der Waals surface area contributed by atoms with Gasteiger partial charge in [-0.15, -0.1) is 11.3 Å². The number of hydrogen-bond acceptors (Lipinski definition) is 8. The number of amides is 1. The lowest BCUT2D eigenvalue weighted by Gasteiger charge is -2.05. The topological polar surface area (TPSA) is 123 Å². The molecule has 0 radical (unpaired) electrons. The van der Waals surface area contributed by atoms with Crippen LogP contribution in [0.5, 0.6) is 0 Å². The highest BCUT2D eigenvalue weighted by Crippen LogP contribution is 2.21. The third kappa shape index (κ3) is 5.60. The zero-order chi connectivity index (χ0) is 23.2. The van der Waals surface area contributed by atoms with Crippen molar-refractivity contribution in [1.82, 2.24) is 15.0 Å². The van der Waals surface area contributed by atoms with Crippen LogP contribution in [-0.4, -0.2) is 46.0 Å². The maximum Gasteiger partial charge on any atom is 0.338 e. The Bertz CT molecular complexity index is 1300. The quantitative estimate of drug-likeness (QED) is 0.382. The lowest BCUT2D eigenvalue weighted by molar-refractivity contribution is -0.142. The van der Waals surface area contributed by atoms with Crippen molar-refractivity contribution in [1.29, 1.82) is 0 Å². The first kappa shape index (κ1) is 22.2. The average molecular weight is 465 g/mol. The number of nitrogens with one attached hydrogen (secondary N) is 2. The summed E-state index contributed by atoms with van der Waals surface area (Å²) in [5.41, 5.74) is 3.12. The Labute approximate surface area is 192 Å². The molecule has 0 aliphatic rings. The molecule has 0 aliphatic carbocycles. The molecule has 0 saturated heterocycles. The van der Waals surface area contributed by atoms with E-state index in [-0.39, 0.29) is 12.4 Å². The first-order valence-electron chi connectivity index (χ1n) is 10.1. The maximum absolute atomic E-state index is 12.4. The smallest absolute Gasteiger partial charge is 0.338 e. The normalized spacial score (nSPS) is 10.7. The third-order valence-corrected chi connectivity index (χ3v) is 5.33. The number of imidazole rings is 1. The van der Waals surface area contributed by atoms with Crippen LogP contribution in [0.3, 0.4) is 0 Å². The average Bonchev–Trinajstić information content (AvgIpc) is 3.44. The predicted octanol–water partition coefficient (Wildman–Crippen LogP) is 3.59. The first-order chi connectivity index (χ1) is 16.0. The highest BCUT2D eigenvalue weighted by Gasteiger charge is 2.15. The van der Waals surface area contributed by atoms with Gasteiger partial charge in [0.25, 0.3) is 5.91 Å². The summed E-state index contributed by atoms with van der Waals surface area (Å²) in [7, 11) is 0.